The molecular formula is C30H25F3N4O2. The second-order valence-corrected chi connectivity index (χ2v) is 8.88. The molecule has 1 N–H and O–H groups in total. The Labute approximate surface area is 224 Å². The van der Waals surface area contributed by atoms with Gasteiger partial charge in [-0.05, 0) is 61.9 Å². The van der Waals surface area contributed by atoms with Gasteiger partial charge in [0.25, 0.3) is 0 Å². The third kappa shape index (κ3) is 6.73. The number of ether oxygens (including phenoxy) is 1. The maximum atomic E-state index is 12.9. The molecule has 0 unspecified atom stereocenters. The lowest BCUT2D eigenvalue weighted by Crippen LogP contribution is -2.20. The van der Waals surface area contributed by atoms with Gasteiger partial charge in [0.2, 0.25) is 5.91 Å². The van der Waals surface area contributed by atoms with Crippen LogP contribution in [-0.2, 0) is 24.0 Å². The molecule has 0 fully saturated rings. The van der Waals surface area contributed by atoms with Gasteiger partial charge in [-0.15, -0.1) is 0 Å². The van der Waals surface area contributed by atoms with E-state index in [2.05, 4.69) is 16.6 Å². The predicted octanol–water partition coefficient (Wildman–Crippen LogP) is 6.26. The van der Waals surface area contributed by atoms with Crippen molar-refractivity contribution in [1.82, 2.24) is 9.99 Å². The smallest absolute Gasteiger partial charge is 0.416 e. The SMILES string of the molecule is Cc1cc(/C=N/NC(=O)Cc2cccc(C(F)(F)F)c2)c(C)n1-c1ccc(OCc2ccccc2C#N)cc1. The van der Waals surface area contributed by atoms with E-state index in [9.17, 15) is 23.2 Å². The van der Waals surface area contributed by atoms with E-state index < -0.39 is 17.6 Å². The molecule has 39 heavy (non-hydrogen) atoms. The molecule has 0 bridgehead atoms. The molecule has 0 aliphatic heterocycles. The Morgan fingerprint density at radius 2 is 1.79 bits per heavy atom. The van der Waals surface area contributed by atoms with Crippen molar-refractivity contribution in [3.63, 3.8) is 0 Å². The van der Waals surface area contributed by atoms with Gasteiger partial charge in [-0.2, -0.15) is 23.5 Å². The fourth-order valence-corrected chi connectivity index (χ4v) is 4.18. The molecular weight excluding hydrogens is 505 g/mol. The van der Waals surface area contributed by atoms with Crippen LogP contribution < -0.4 is 10.2 Å². The lowest BCUT2D eigenvalue weighted by Gasteiger charge is -2.12. The highest BCUT2D eigenvalue weighted by molar-refractivity contribution is 5.84. The number of carbonyl (C=O) groups excluding carboxylic acids is 1. The maximum absolute atomic E-state index is 12.9. The average Bonchev–Trinajstić information content (AvgIpc) is 3.20. The lowest BCUT2D eigenvalue weighted by molar-refractivity contribution is -0.137. The molecule has 1 heterocycles. The first-order valence-electron chi connectivity index (χ1n) is 12.0. The number of alkyl halides is 3. The molecule has 0 atom stereocenters. The number of benzene rings is 3. The first-order valence-corrected chi connectivity index (χ1v) is 12.0. The van der Waals surface area contributed by atoms with Crippen molar-refractivity contribution in [2.45, 2.75) is 33.1 Å². The van der Waals surface area contributed by atoms with Crippen molar-refractivity contribution in [3.05, 3.63) is 118 Å². The third-order valence-electron chi connectivity index (χ3n) is 6.11. The Kier molecular flexibility index (Phi) is 8.15. The van der Waals surface area contributed by atoms with Crippen molar-refractivity contribution < 1.29 is 22.7 Å². The maximum Gasteiger partial charge on any atom is 0.416 e. The number of nitriles is 1. The molecule has 0 aliphatic rings. The summed E-state index contributed by atoms with van der Waals surface area (Å²) in [6.07, 6.45) is -3.19. The Morgan fingerprint density at radius 3 is 2.51 bits per heavy atom. The number of aromatic nitrogens is 1. The van der Waals surface area contributed by atoms with Crippen molar-refractivity contribution in [2.24, 2.45) is 5.10 Å². The van der Waals surface area contributed by atoms with Crippen LogP contribution >= 0.6 is 0 Å². The topological polar surface area (TPSA) is 79.4 Å². The van der Waals surface area contributed by atoms with Gasteiger partial charge in [0.05, 0.1) is 29.8 Å². The van der Waals surface area contributed by atoms with E-state index >= 15 is 0 Å². The second kappa shape index (κ2) is 11.7. The summed E-state index contributed by atoms with van der Waals surface area (Å²) in [7, 11) is 0. The average molecular weight is 531 g/mol. The number of hydrogen-bond acceptors (Lipinski definition) is 4. The molecule has 0 saturated heterocycles. The molecule has 3 aromatic carbocycles. The highest BCUT2D eigenvalue weighted by atomic mass is 19.4. The van der Waals surface area contributed by atoms with Gasteiger partial charge in [0.15, 0.2) is 0 Å². The number of rotatable bonds is 8. The summed E-state index contributed by atoms with van der Waals surface area (Å²) >= 11 is 0. The standard InChI is InChI=1S/C30H25F3N4O2/c1-20-14-25(18-35-36-29(38)16-22-6-5-9-26(15-22)30(31,32)33)21(2)37(20)27-10-12-28(13-11-27)39-19-24-8-4-3-7-23(24)17-34/h3-15,18H,16,19H2,1-2H3,(H,36,38)/b35-18+. The van der Waals surface area contributed by atoms with Crippen LogP contribution in [0.2, 0.25) is 0 Å². The molecule has 6 nitrogen and oxygen atoms in total. The summed E-state index contributed by atoms with van der Waals surface area (Å²) in [6.45, 7) is 4.15. The van der Waals surface area contributed by atoms with Crippen LogP contribution in [-0.4, -0.2) is 16.7 Å². The van der Waals surface area contributed by atoms with Gasteiger partial charge in [-0.3, -0.25) is 4.79 Å². The van der Waals surface area contributed by atoms with E-state index in [-0.39, 0.29) is 18.6 Å². The molecule has 0 aliphatic carbocycles. The number of carbonyl (C=O) groups is 1. The largest absolute Gasteiger partial charge is 0.489 e. The van der Waals surface area contributed by atoms with Gasteiger partial charge >= 0.3 is 6.18 Å². The summed E-state index contributed by atoms with van der Waals surface area (Å²) in [4.78, 5) is 12.2. The number of amides is 1. The zero-order chi connectivity index (χ0) is 28.0. The van der Waals surface area contributed by atoms with Gasteiger partial charge in [0, 0.05) is 28.2 Å². The van der Waals surface area contributed by atoms with E-state index in [0.717, 1.165) is 40.3 Å². The lowest BCUT2D eigenvalue weighted by atomic mass is 10.1. The van der Waals surface area contributed by atoms with Crippen LogP contribution in [0, 0.1) is 25.2 Å². The minimum atomic E-state index is -4.47. The molecule has 4 aromatic rings. The van der Waals surface area contributed by atoms with Crippen LogP contribution in [0.4, 0.5) is 13.2 Å². The Balaban J connectivity index is 1.39. The van der Waals surface area contributed by atoms with E-state index in [1.54, 1.807) is 6.07 Å². The van der Waals surface area contributed by atoms with Gasteiger partial charge < -0.3 is 9.30 Å². The van der Waals surface area contributed by atoms with Crippen molar-refractivity contribution in [2.75, 3.05) is 0 Å². The van der Waals surface area contributed by atoms with Crippen molar-refractivity contribution in [1.29, 1.82) is 5.26 Å². The third-order valence-corrected chi connectivity index (χ3v) is 6.11. The molecule has 198 valence electrons. The number of aryl methyl sites for hydroxylation is 1. The Morgan fingerprint density at radius 1 is 1.05 bits per heavy atom. The quantitative estimate of drug-likeness (QED) is 0.216. The fourth-order valence-electron chi connectivity index (χ4n) is 4.18. The van der Waals surface area contributed by atoms with Crippen LogP contribution in [0.3, 0.4) is 0 Å². The number of hydrogen-bond donors (Lipinski definition) is 1. The highest BCUT2D eigenvalue weighted by Gasteiger charge is 2.30. The predicted molar refractivity (Wildman–Crippen MR) is 142 cm³/mol. The summed E-state index contributed by atoms with van der Waals surface area (Å²) in [5.74, 6) is 0.145. The number of nitrogens with one attached hydrogen (secondary N) is 1. The summed E-state index contributed by atoms with van der Waals surface area (Å²) in [6, 6.07) is 23.6. The Hall–Kier alpha value is -4.84. The first kappa shape index (κ1) is 27.2. The number of hydrazone groups is 1. The normalized spacial score (nSPS) is 11.4. The summed E-state index contributed by atoms with van der Waals surface area (Å²) in [5.41, 5.74) is 6.74. The second-order valence-electron chi connectivity index (χ2n) is 8.88. The molecule has 0 saturated carbocycles. The minimum Gasteiger partial charge on any atom is -0.489 e. The van der Waals surface area contributed by atoms with Crippen LogP contribution in [0.5, 0.6) is 5.75 Å². The molecule has 0 radical (unpaired) electrons. The van der Waals surface area contributed by atoms with E-state index in [4.69, 9.17) is 4.74 Å². The van der Waals surface area contributed by atoms with Crippen LogP contribution in [0.15, 0.2) is 84.0 Å². The number of nitrogens with zero attached hydrogens (tertiary/aromatic N) is 3. The fraction of sp³-hybridized carbons (Fsp3) is 0.167. The van der Waals surface area contributed by atoms with Crippen molar-refractivity contribution >= 4 is 12.1 Å². The summed E-state index contributed by atoms with van der Waals surface area (Å²) < 4.78 is 46.6. The minimum absolute atomic E-state index is 0.225. The zero-order valence-corrected chi connectivity index (χ0v) is 21.3. The molecule has 0 spiro atoms. The number of halogens is 3. The molecule has 1 aromatic heterocycles. The van der Waals surface area contributed by atoms with Crippen LogP contribution in [0.1, 0.15) is 39.2 Å². The zero-order valence-electron chi connectivity index (χ0n) is 21.3. The molecule has 4 rings (SSSR count). The van der Waals surface area contributed by atoms with Crippen molar-refractivity contribution in [3.8, 4) is 17.5 Å². The monoisotopic (exact) mass is 530 g/mol. The van der Waals surface area contributed by atoms with E-state index in [0.29, 0.717) is 11.3 Å². The Bertz CT molecular complexity index is 1550. The molecule has 9 heteroatoms. The van der Waals surface area contributed by atoms with Gasteiger partial charge in [-0.25, -0.2) is 5.43 Å². The van der Waals surface area contributed by atoms with Gasteiger partial charge in [0.1, 0.15) is 12.4 Å². The van der Waals surface area contributed by atoms with Crippen LogP contribution in [0.25, 0.3) is 5.69 Å². The molecule has 1 amide bonds. The van der Waals surface area contributed by atoms with E-state index in [1.807, 2.05) is 66.9 Å². The summed E-state index contributed by atoms with van der Waals surface area (Å²) in [5, 5.41) is 13.2. The first-order chi connectivity index (χ1) is 18.7. The van der Waals surface area contributed by atoms with E-state index in [1.165, 1.54) is 18.3 Å². The van der Waals surface area contributed by atoms with Gasteiger partial charge in [-0.1, -0.05) is 36.4 Å². The highest BCUT2D eigenvalue weighted by Crippen LogP contribution is 2.29.